The average molecular weight is 324 g/mol. The Morgan fingerprint density at radius 1 is 0.833 bits per heavy atom. The highest BCUT2D eigenvalue weighted by Crippen LogP contribution is 2.19. The molecular formula is C20H24N2O2. The van der Waals surface area contributed by atoms with Crippen molar-refractivity contribution in [2.45, 2.75) is 20.3 Å². The summed E-state index contributed by atoms with van der Waals surface area (Å²) in [5, 5.41) is 5.70. The largest absolute Gasteiger partial charge is 0.356 e. The molecule has 126 valence electrons. The van der Waals surface area contributed by atoms with Gasteiger partial charge in [-0.25, -0.2) is 0 Å². The molecule has 2 N–H and O–H groups in total. The van der Waals surface area contributed by atoms with E-state index < -0.39 is 0 Å². The van der Waals surface area contributed by atoms with Crippen LogP contribution < -0.4 is 10.6 Å². The highest BCUT2D eigenvalue weighted by atomic mass is 16.2. The molecule has 0 saturated heterocycles. The molecule has 0 bridgehead atoms. The van der Waals surface area contributed by atoms with Crippen LogP contribution in [0.25, 0.3) is 11.1 Å². The number of benzene rings is 2. The van der Waals surface area contributed by atoms with E-state index >= 15 is 0 Å². The van der Waals surface area contributed by atoms with Crippen LogP contribution in [0.4, 0.5) is 0 Å². The van der Waals surface area contributed by atoms with Gasteiger partial charge in [0.2, 0.25) is 5.91 Å². The Hall–Kier alpha value is -2.62. The van der Waals surface area contributed by atoms with Crippen molar-refractivity contribution in [1.29, 1.82) is 0 Å². The first-order chi connectivity index (χ1) is 11.6. The van der Waals surface area contributed by atoms with Crippen LogP contribution in [0, 0.1) is 5.92 Å². The fourth-order valence-corrected chi connectivity index (χ4v) is 2.25. The molecule has 2 rings (SSSR count). The van der Waals surface area contributed by atoms with Gasteiger partial charge >= 0.3 is 0 Å². The fourth-order valence-electron chi connectivity index (χ4n) is 2.25. The lowest BCUT2D eigenvalue weighted by Gasteiger charge is -2.09. The van der Waals surface area contributed by atoms with Crippen molar-refractivity contribution in [2.24, 2.45) is 5.92 Å². The molecule has 4 nitrogen and oxygen atoms in total. The SMILES string of the molecule is CC(C)C(=O)NCCCNC(=O)c1ccc(-c2ccccc2)cc1. The molecule has 4 heteroatoms. The molecule has 0 fully saturated rings. The van der Waals surface area contributed by atoms with Crippen LogP contribution in [-0.2, 0) is 4.79 Å². The van der Waals surface area contributed by atoms with Gasteiger partial charge < -0.3 is 10.6 Å². The second-order valence-electron chi connectivity index (χ2n) is 6.00. The van der Waals surface area contributed by atoms with Crippen molar-refractivity contribution in [3.63, 3.8) is 0 Å². The van der Waals surface area contributed by atoms with Crippen LogP contribution in [0.5, 0.6) is 0 Å². The third-order valence-electron chi connectivity index (χ3n) is 3.72. The normalized spacial score (nSPS) is 10.5. The standard InChI is InChI=1S/C20H24N2O2/c1-15(2)19(23)21-13-6-14-22-20(24)18-11-9-17(10-12-18)16-7-4-3-5-8-16/h3-5,7-12,15H,6,13-14H2,1-2H3,(H,21,23)(H,22,24). The van der Waals surface area contributed by atoms with Crippen molar-refractivity contribution < 1.29 is 9.59 Å². The molecule has 2 aromatic rings. The number of carbonyl (C=O) groups is 2. The zero-order chi connectivity index (χ0) is 17.4. The summed E-state index contributed by atoms with van der Waals surface area (Å²) in [7, 11) is 0. The van der Waals surface area contributed by atoms with Crippen molar-refractivity contribution in [1.82, 2.24) is 10.6 Å². The first-order valence-electron chi connectivity index (χ1n) is 8.29. The molecule has 0 aliphatic rings. The molecule has 0 atom stereocenters. The Morgan fingerprint density at radius 2 is 1.42 bits per heavy atom. The summed E-state index contributed by atoms with van der Waals surface area (Å²) in [6.07, 6.45) is 0.715. The lowest BCUT2D eigenvalue weighted by Crippen LogP contribution is -2.31. The Labute approximate surface area is 143 Å². The second-order valence-corrected chi connectivity index (χ2v) is 6.00. The van der Waals surface area contributed by atoms with E-state index in [1.165, 1.54) is 0 Å². The average Bonchev–Trinajstić information content (AvgIpc) is 2.62. The van der Waals surface area contributed by atoms with E-state index in [2.05, 4.69) is 10.6 Å². The number of rotatable bonds is 7. The predicted octanol–water partition coefficient (Wildman–Crippen LogP) is 3.25. The quantitative estimate of drug-likeness (QED) is 0.768. The van der Waals surface area contributed by atoms with Gasteiger partial charge in [-0.05, 0) is 29.7 Å². The van der Waals surface area contributed by atoms with Gasteiger partial charge in [-0.2, -0.15) is 0 Å². The van der Waals surface area contributed by atoms with E-state index in [1.54, 1.807) is 0 Å². The van der Waals surface area contributed by atoms with E-state index in [1.807, 2.05) is 68.4 Å². The van der Waals surface area contributed by atoms with E-state index in [-0.39, 0.29) is 17.7 Å². The summed E-state index contributed by atoms with van der Waals surface area (Å²) in [6, 6.07) is 17.6. The highest BCUT2D eigenvalue weighted by Gasteiger charge is 2.07. The maximum absolute atomic E-state index is 12.1. The lowest BCUT2D eigenvalue weighted by molar-refractivity contribution is -0.123. The number of carbonyl (C=O) groups excluding carboxylic acids is 2. The van der Waals surface area contributed by atoms with E-state index in [4.69, 9.17) is 0 Å². The molecule has 0 aromatic heterocycles. The molecule has 0 unspecified atom stereocenters. The summed E-state index contributed by atoms with van der Waals surface area (Å²) in [6.45, 7) is 4.83. The molecule has 0 aliphatic carbocycles. The van der Waals surface area contributed by atoms with Crippen LogP contribution >= 0.6 is 0 Å². The maximum atomic E-state index is 12.1. The van der Waals surface area contributed by atoms with Gasteiger partial charge in [0, 0.05) is 24.6 Å². The third kappa shape index (κ3) is 5.23. The third-order valence-corrected chi connectivity index (χ3v) is 3.72. The van der Waals surface area contributed by atoms with Crippen LogP contribution in [0.15, 0.2) is 54.6 Å². The van der Waals surface area contributed by atoms with Crippen molar-refractivity contribution >= 4 is 11.8 Å². The van der Waals surface area contributed by atoms with Crippen molar-refractivity contribution in [3.8, 4) is 11.1 Å². The van der Waals surface area contributed by atoms with Gasteiger partial charge in [0.1, 0.15) is 0 Å². The summed E-state index contributed by atoms with van der Waals surface area (Å²) < 4.78 is 0. The Morgan fingerprint density at radius 3 is 2.04 bits per heavy atom. The molecule has 0 saturated carbocycles. The van der Waals surface area contributed by atoms with E-state index in [0.717, 1.165) is 11.1 Å². The first-order valence-corrected chi connectivity index (χ1v) is 8.29. The molecule has 0 heterocycles. The van der Waals surface area contributed by atoms with Crippen LogP contribution in [0.2, 0.25) is 0 Å². The summed E-state index contributed by atoms with van der Waals surface area (Å²) in [5.41, 5.74) is 2.86. The Bertz CT molecular complexity index is 664. The Balaban J connectivity index is 1.78. The molecule has 0 radical (unpaired) electrons. The van der Waals surface area contributed by atoms with Gasteiger partial charge in [0.15, 0.2) is 0 Å². The summed E-state index contributed by atoms with van der Waals surface area (Å²) >= 11 is 0. The van der Waals surface area contributed by atoms with E-state index in [0.29, 0.717) is 25.1 Å². The smallest absolute Gasteiger partial charge is 0.251 e. The zero-order valence-electron chi connectivity index (χ0n) is 14.2. The van der Waals surface area contributed by atoms with Crippen LogP contribution in [0.3, 0.4) is 0 Å². The fraction of sp³-hybridized carbons (Fsp3) is 0.300. The van der Waals surface area contributed by atoms with Gasteiger partial charge in [-0.15, -0.1) is 0 Å². The van der Waals surface area contributed by atoms with Gasteiger partial charge in [0.05, 0.1) is 0 Å². The van der Waals surface area contributed by atoms with Crippen LogP contribution in [-0.4, -0.2) is 24.9 Å². The summed E-state index contributed by atoms with van der Waals surface area (Å²) in [5.74, 6) is -0.0645. The number of amides is 2. The number of nitrogens with one attached hydrogen (secondary N) is 2. The number of hydrogen-bond donors (Lipinski definition) is 2. The van der Waals surface area contributed by atoms with E-state index in [9.17, 15) is 9.59 Å². The van der Waals surface area contributed by atoms with Crippen molar-refractivity contribution in [3.05, 3.63) is 60.2 Å². The van der Waals surface area contributed by atoms with Gasteiger partial charge in [0.25, 0.3) is 5.91 Å². The first kappa shape index (κ1) is 17.7. The molecule has 2 amide bonds. The minimum atomic E-state index is -0.0928. The van der Waals surface area contributed by atoms with Gasteiger partial charge in [-0.3, -0.25) is 9.59 Å². The van der Waals surface area contributed by atoms with Gasteiger partial charge in [-0.1, -0.05) is 56.3 Å². The van der Waals surface area contributed by atoms with Crippen molar-refractivity contribution in [2.75, 3.05) is 13.1 Å². The highest BCUT2D eigenvalue weighted by molar-refractivity contribution is 5.94. The molecule has 2 aromatic carbocycles. The minimum absolute atomic E-state index is 0.0114. The lowest BCUT2D eigenvalue weighted by atomic mass is 10.0. The predicted molar refractivity (Wildman–Crippen MR) is 96.7 cm³/mol. The minimum Gasteiger partial charge on any atom is -0.356 e. The topological polar surface area (TPSA) is 58.2 Å². The maximum Gasteiger partial charge on any atom is 0.251 e. The summed E-state index contributed by atoms with van der Waals surface area (Å²) in [4.78, 5) is 23.5. The molecule has 0 spiro atoms. The molecule has 24 heavy (non-hydrogen) atoms. The zero-order valence-corrected chi connectivity index (χ0v) is 14.2. The molecular weight excluding hydrogens is 300 g/mol. The van der Waals surface area contributed by atoms with Crippen LogP contribution in [0.1, 0.15) is 30.6 Å². The number of hydrogen-bond acceptors (Lipinski definition) is 2. The monoisotopic (exact) mass is 324 g/mol. The Kier molecular flexibility index (Phi) is 6.55. The molecule has 0 aliphatic heterocycles. The second kappa shape index (κ2) is 8.87.